The van der Waals surface area contributed by atoms with Gasteiger partial charge in [-0.1, -0.05) is 250 Å². The SMILES string of the molecule is CCCCC/C=C\CCCCCCCC(=O)OCC(COC(=O)CCCCCCCCCCCCCCCCC/C=C\CCCCCCCCCC)OC(=O)CCCCCCC/C=C\CCCCC. The molecular weight excluding hydrogens is 853 g/mol. The maximum absolute atomic E-state index is 12.8. The molecule has 0 fully saturated rings. The van der Waals surface area contributed by atoms with Crippen LogP contribution in [0, 0.1) is 0 Å². The number of carbonyl (C=O) groups is 3. The fourth-order valence-electron chi connectivity index (χ4n) is 8.96. The molecule has 0 N–H and O–H groups in total. The van der Waals surface area contributed by atoms with Gasteiger partial charge in [-0.05, 0) is 96.3 Å². The Kier molecular flexibility index (Phi) is 56.2. The van der Waals surface area contributed by atoms with E-state index in [0.29, 0.717) is 19.3 Å². The number of rotatable bonds is 56. The van der Waals surface area contributed by atoms with E-state index < -0.39 is 6.10 Å². The second-order valence-electron chi connectivity index (χ2n) is 20.6. The summed E-state index contributed by atoms with van der Waals surface area (Å²) in [5.41, 5.74) is 0. The Morgan fingerprint density at radius 2 is 0.478 bits per heavy atom. The van der Waals surface area contributed by atoms with E-state index in [-0.39, 0.29) is 31.1 Å². The van der Waals surface area contributed by atoms with Crippen molar-refractivity contribution in [3.05, 3.63) is 36.5 Å². The highest BCUT2D eigenvalue weighted by Gasteiger charge is 2.19. The van der Waals surface area contributed by atoms with Crippen LogP contribution in [0.3, 0.4) is 0 Å². The molecule has 1 atom stereocenters. The second kappa shape index (κ2) is 58.2. The monoisotopic (exact) mass is 969 g/mol. The average molecular weight is 970 g/mol. The summed E-state index contributed by atoms with van der Waals surface area (Å²) >= 11 is 0. The fraction of sp³-hybridized carbons (Fsp3) is 0.857. The van der Waals surface area contributed by atoms with Gasteiger partial charge in [-0.25, -0.2) is 0 Å². The summed E-state index contributed by atoms with van der Waals surface area (Å²) in [4.78, 5) is 38.1. The van der Waals surface area contributed by atoms with E-state index in [1.807, 2.05) is 0 Å². The van der Waals surface area contributed by atoms with Crippen LogP contribution in [-0.2, 0) is 28.6 Å². The van der Waals surface area contributed by atoms with Crippen LogP contribution in [0.4, 0.5) is 0 Å². The van der Waals surface area contributed by atoms with Crippen molar-refractivity contribution < 1.29 is 28.6 Å². The summed E-state index contributed by atoms with van der Waals surface area (Å²) in [6, 6.07) is 0. The van der Waals surface area contributed by atoms with Crippen LogP contribution in [0.1, 0.15) is 329 Å². The highest BCUT2D eigenvalue weighted by molar-refractivity contribution is 5.71. The summed E-state index contributed by atoms with van der Waals surface area (Å²) in [7, 11) is 0. The zero-order chi connectivity index (χ0) is 50.0. The molecule has 0 rings (SSSR count). The van der Waals surface area contributed by atoms with Crippen molar-refractivity contribution in [2.45, 2.75) is 335 Å². The summed E-state index contributed by atoms with van der Waals surface area (Å²) in [6.45, 7) is 6.61. The molecule has 0 aromatic heterocycles. The van der Waals surface area contributed by atoms with Gasteiger partial charge in [0.25, 0.3) is 0 Å². The predicted octanol–water partition coefficient (Wildman–Crippen LogP) is 20.4. The van der Waals surface area contributed by atoms with Gasteiger partial charge in [-0.2, -0.15) is 0 Å². The zero-order valence-electron chi connectivity index (χ0n) is 46.3. The molecule has 0 bridgehead atoms. The lowest BCUT2D eigenvalue weighted by molar-refractivity contribution is -0.167. The van der Waals surface area contributed by atoms with Gasteiger partial charge in [-0.15, -0.1) is 0 Å². The normalized spacial score (nSPS) is 12.2. The van der Waals surface area contributed by atoms with Crippen molar-refractivity contribution in [1.82, 2.24) is 0 Å². The van der Waals surface area contributed by atoms with Gasteiger partial charge in [0.05, 0.1) is 0 Å². The van der Waals surface area contributed by atoms with Gasteiger partial charge in [0.2, 0.25) is 0 Å². The first-order valence-electron chi connectivity index (χ1n) is 30.5. The maximum atomic E-state index is 12.8. The minimum Gasteiger partial charge on any atom is -0.462 e. The van der Waals surface area contributed by atoms with Crippen molar-refractivity contribution in [1.29, 1.82) is 0 Å². The van der Waals surface area contributed by atoms with Gasteiger partial charge >= 0.3 is 17.9 Å². The molecule has 0 aliphatic rings. The molecule has 69 heavy (non-hydrogen) atoms. The molecule has 0 saturated carbocycles. The molecule has 0 aliphatic carbocycles. The molecule has 6 heteroatoms. The number of carbonyl (C=O) groups excluding carboxylic acids is 3. The largest absolute Gasteiger partial charge is 0.462 e. The van der Waals surface area contributed by atoms with Crippen LogP contribution in [0.25, 0.3) is 0 Å². The van der Waals surface area contributed by atoms with Gasteiger partial charge < -0.3 is 14.2 Å². The third kappa shape index (κ3) is 56.4. The summed E-state index contributed by atoms with van der Waals surface area (Å²) in [5.74, 6) is -0.879. The minimum atomic E-state index is -0.777. The molecule has 1 unspecified atom stereocenters. The van der Waals surface area contributed by atoms with Crippen LogP contribution in [-0.4, -0.2) is 37.2 Å². The number of unbranched alkanes of at least 4 members (excludes halogenated alkanes) is 39. The Hall–Kier alpha value is -2.37. The fourth-order valence-corrected chi connectivity index (χ4v) is 8.96. The van der Waals surface area contributed by atoms with Crippen molar-refractivity contribution in [3.8, 4) is 0 Å². The number of hydrogen-bond acceptors (Lipinski definition) is 6. The highest BCUT2D eigenvalue weighted by Crippen LogP contribution is 2.17. The quantitative estimate of drug-likeness (QED) is 0.0261. The van der Waals surface area contributed by atoms with E-state index in [1.54, 1.807) is 0 Å². The lowest BCUT2D eigenvalue weighted by Crippen LogP contribution is -2.30. The first-order chi connectivity index (χ1) is 34.0. The molecule has 0 spiro atoms. The predicted molar refractivity (Wildman–Crippen MR) is 298 cm³/mol. The van der Waals surface area contributed by atoms with E-state index in [4.69, 9.17) is 14.2 Å². The van der Waals surface area contributed by atoms with E-state index >= 15 is 0 Å². The van der Waals surface area contributed by atoms with Gasteiger partial charge in [0, 0.05) is 19.3 Å². The Balaban J connectivity index is 4.14. The van der Waals surface area contributed by atoms with E-state index in [1.165, 1.54) is 212 Å². The molecule has 0 saturated heterocycles. The summed E-state index contributed by atoms with van der Waals surface area (Å²) in [5, 5.41) is 0. The van der Waals surface area contributed by atoms with Crippen molar-refractivity contribution >= 4 is 17.9 Å². The smallest absolute Gasteiger partial charge is 0.306 e. The zero-order valence-corrected chi connectivity index (χ0v) is 46.3. The van der Waals surface area contributed by atoms with Crippen LogP contribution in [0.2, 0.25) is 0 Å². The van der Waals surface area contributed by atoms with Crippen molar-refractivity contribution in [3.63, 3.8) is 0 Å². The third-order valence-electron chi connectivity index (χ3n) is 13.6. The van der Waals surface area contributed by atoms with Crippen LogP contribution < -0.4 is 0 Å². The van der Waals surface area contributed by atoms with E-state index in [9.17, 15) is 14.4 Å². The summed E-state index contributed by atoms with van der Waals surface area (Å²) in [6.07, 6.45) is 70.2. The lowest BCUT2D eigenvalue weighted by atomic mass is 10.0. The standard InChI is InChI=1S/C63H116O6/c1-4-7-10-13-16-19-22-25-26-27-28-29-30-31-32-33-34-35-36-37-38-39-42-44-47-50-53-56-62(65)68-59-60(69-63(66)57-54-51-48-45-41-24-21-18-15-12-9-6-3)58-67-61(64)55-52-49-46-43-40-23-20-17-14-11-8-5-2/h17-18,20-21,27-28,60H,4-16,19,22-26,29-59H2,1-3H3/b20-17-,21-18-,28-27-. The van der Waals surface area contributed by atoms with Crippen LogP contribution in [0.15, 0.2) is 36.5 Å². The first kappa shape index (κ1) is 66.6. The molecule has 0 aromatic carbocycles. The Morgan fingerprint density at radius 1 is 0.275 bits per heavy atom. The van der Waals surface area contributed by atoms with Crippen molar-refractivity contribution in [2.24, 2.45) is 0 Å². The Morgan fingerprint density at radius 3 is 0.754 bits per heavy atom. The van der Waals surface area contributed by atoms with E-state index in [2.05, 4.69) is 57.2 Å². The molecule has 0 radical (unpaired) electrons. The van der Waals surface area contributed by atoms with E-state index in [0.717, 1.165) is 77.0 Å². The molecular formula is C63H116O6. The van der Waals surface area contributed by atoms with Crippen LogP contribution >= 0.6 is 0 Å². The molecule has 0 aromatic rings. The van der Waals surface area contributed by atoms with Gasteiger partial charge in [-0.3, -0.25) is 14.4 Å². The molecule has 404 valence electrons. The molecule has 0 amide bonds. The third-order valence-corrected chi connectivity index (χ3v) is 13.6. The second-order valence-corrected chi connectivity index (χ2v) is 20.6. The topological polar surface area (TPSA) is 78.9 Å². The Labute approximate surface area is 429 Å². The van der Waals surface area contributed by atoms with Crippen molar-refractivity contribution in [2.75, 3.05) is 13.2 Å². The van der Waals surface area contributed by atoms with Gasteiger partial charge in [0.1, 0.15) is 13.2 Å². The highest BCUT2D eigenvalue weighted by atomic mass is 16.6. The lowest BCUT2D eigenvalue weighted by Gasteiger charge is -2.18. The first-order valence-corrected chi connectivity index (χ1v) is 30.5. The maximum Gasteiger partial charge on any atom is 0.306 e. The van der Waals surface area contributed by atoms with Crippen LogP contribution in [0.5, 0.6) is 0 Å². The molecule has 0 heterocycles. The minimum absolute atomic E-state index is 0.0752. The number of esters is 3. The summed E-state index contributed by atoms with van der Waals surface area (Å²) < 4.78 is 16.8. The average Bonchev–Trinajstić information content (AvgIpc) is 3.35. The Bertz CT molecular complexity index is 1160. The molecule has 0 aliphatic heterocycles. The van der Waals surface area contributed by atoms with Gasteiger partial charge in [0.15, 0.2) is 6.10 Å². The number of ether oxygens (including phenoxy) is 3. The molecule has 6 nitrogen and oxygen atoms in total. The number of hydrogen-bond donors (Lipinski definition) is 0. The number of allylic oxidation sites excluding steroid dienone is 6.